The summed E-state index contributed by atoms with van der Waals surface area (Å²) in [5.41, 5.74) is 1.37. The van der Waals surface area contributed by atoms with E-state index in [-0.39, 0.29) is 23.7 Å². The maximum Gasteiger partial charge on any atom is 0.251 e. The lowest BCUT2D eigenvalue weighted by atomic mass is 10.00. The quantitative estimate of drug-likeness (QED) is 0.885. The second kappa shape index (κ2) is 7.55. The molecule has 0 unspecified atom stereocenters. The molecule has 3 rings (SSSR count). The van der Waals surface area contributed by atoms with Crippen molar-refractivity contribution in [2.45, 2.75) is 45.4 Å². The Kier molecular flexibility index (Phi) is 5.38. The number of nitrogens with one attached hydrogen (secondary N) is 1. The molecule has 0 bridgehead atoms. The fourth-order valence-electron chi connectivity index (χ4n) is 3.29. The third-order valence-corrected chi connectivity index (χ3v) is 4.77. The number of hydrogen-bond acceptors (Lipinski definition) is 5. The van der Waals surface area contributed by atoms with Gasteiger partial charge in [0.2, 0.25) is 0 Å². The van der Waals surface area contributed by atoms with Crippen LogP contribution in [0.1, 0.15) is 38.1 Å². The molecule has 1 N–H and O–H groups in total. The van der Waals surface area contributed by atoms with Crippen molar-refractivity contribution in [1.82, 2.24) is 25.0 Å². The molecule has 1 aliphatic rings. The maximum absolute atomic E-state index is 12.5. The largest absolute Gasteiger partial charge is 0.373 e. The summed E-state index contributed by atoms with van der Waals surface area (Å²) in [5.74, 6) is -0.0717. The van der Waals surface area contributed by atoms with Crippen molar-refractivity contribution in [3.63, 3.8) is 0 Å². The lowest BCUT2D eigenvalue weighted by Crippen LogP contribution is -2.58. The molecule has 0 aliphatic carbocycles. The van der Waals surface area contributed by atoms with Gasteiger partial charge in [-0.25, -0.2) is 9.67 Å². The van der Waals surface area contributed by atoms with Crippen molar-refractivity contribution in [1.29, 1.82) is 0 Å². The van der Waals surface area contributed by atoms with Crippen LogP contribution in [0.4, 0.5) is 0 Å². The summed E-state index contributed by atoms with van der Waals surface area (Å²) < 4.78 is 7.47. The molecular formula is C19H27N5O2. The Morgan fingerprint density at radius 2 is 1.88 bits per heavy atom. The highest BCUT2D eigenvalue weighted by Crippen LogP contribution is 2.20. The highest BCUT2D eigenvalue weighted by atomic mass is 16.5. The molecule has 140 valence electrons. The number of carbonyl (C=O) groups excluding carboxylic acids is 1. The molecule has 2 heterocycles. The van der Waals surface area contributed by atoms with Gasteiger partial charge in [-0.05, 0) is 52.0 Å². The van der Waals surface area contributed by atoms with Crippen LogP contribution in [0.25, 0.3) is 5.69 Å². The Morgan fingerprint density at radius 1 is 1.23 bits per heavy atom. The van der Waals surface area contributed by atoms with Gasteiger partial charge < -0.3 is 10.1 Å². The molecule has 1 fully saturated rings. The Morgan fingerprint density at radius 3 is 2.46 bits per heavy atom. The second-order valence-electron chi connectivity index (χ2n) is 7.54. The normalized spacial score (nSPS) is 21.5. The van der Waals surface area contributed by atoms with E-state index in [2.05, 4.69) is 48.0 Å². The zero-order chi connectivity index (χ0) is 18.7. The zero-order valence-electron chi connectivity index (χ0n) is 15.8. The van der Waals surface area contributed by atoms with Crippen LogP contribution >= 0.6 is 0 Å². The summed E-state index contributed by atoms with van der Waals surface area (Å²) >= 11 is 0. The molecule has 7 heteroatoms. The molecule has 26 heavy (non-hydrogen) atoms. The number of amides is 1. The van der Waals surface area contributed by atoms with Crippen molar-refractivity contribution in [3.8, 4) is 5.69 Å². The predicted molar refractivity (Wildman–Crippen MR) is 99.4 cm³/mol. The van der Waals surface area contributed by atoms with Gasteiger partial charge in [-0.15, -0.1) is 0 Å². The molecular weight excluding hydrogens is 330 g/mol. The van der Waals surface area contributed by atoms with Crippen LogP contribution in [0.2, 0.25) is 0 Å². The van der Waals surface area contributed by atoms with Gasteiger partial charge in [0.15, 0.2) is 0 Å². The predicted octanol–water partition coefficient (Wildman–Crippen LogP) is 1.88. The Labute approximate surface area is 154 Å². The highest BCUT2D eigenvalue weighted by Gasteiger charge is 2.33. The molecule has 7 nitrogen and oxygen atoms in total. The molecule has 1 saturated heterocycles. The molecule has 1 aromatic carbocycles. The number of nitrogens with zero attached hydrogens (tertiary/aromatic N) is 4. The smallest absolute Gasteiger partial charge is 0.251 e. The first-order valence-electron chi connectivity index (χ1n) is 8.99. The lowest BCUT2D eigenvalue weighted by molar-refractivity contribution is -0.0948. The highest BCUT2D eigenvalue weighted by molar-refractivity contribution is 5.94. The summed E-state index contributed by atoms with van der Waals surface area (Å²) in [6.07, 6.45) is 3.52. The van der Waals surface area contributed by atoms with Crippen LogP contribution < -0.4 is 5.32 Å². The third-order valence-electron chi connectivity index (χ3n) is 4.77. The molecule has 1 aliphatic heterocycles. The summed E-state index contributed by atoms with van der Waals surface area (Å²) in [5, 5.41) is 7.15. The third kappa shape index (κ3) is 4.28. The van der Waals surface area contributed by atoms with E-state index in [4.69, 9.17) is 4.74 Å². The summed E-state index contributed by atoms with van der Waals surface area (Å²) in [6, 6.07) is 7.33. The van der Waals surface area contributed by atoms with Crippen molar-refractivity contribution in [3.05, 3.63) is 42.5 Å². The van der Waals surface area contributed by atoms with Gasteiger partial charge in [-0.2, -0.15) is 5.10 Å². The summed E-state index contributed by atoms with van der Waals surface area (Å²) in [4.78, 5) is 18.8. The Bertz CT molecular complexity index is 717. The lowest BCUT2D eigenvalue weighted by Gasteiger charge is -2.45. The van der Waals surface area contributed by atoms with Gasteiger partial charge in [0.25, 0.3) is 5.91 Å². The number of benzene rings is 1. The van der Waals surface area contributed by atoms with E-state index in [0.29, 0.717) is 12.1 Å². The van der Waals surface area contributed by atoms with Crippen LogP contribution in [0.5, 0.6) is 0 Å². The second-order valence-corrected chi connectivity index (χ2v) is 7.54. The van der Waals surface area contributed by atoms with E-state index < -0.39 is 0 Å². The first kappa shape index (κ1) is 18.5. The molecule has 0 radical (unpaired) electrons. The van der Waals surface area contributed by atoms with Crippen LogP contribution in [-0.4, -0.2) is 63.0 Å². The molecule has 0 spiro atoms. The van der Waals surface area contributed by atoms with Crippen LogP contribution in [0, 0.1) is 0 Å². The van der Waals surface area contributed by atoms with Gasteiger partial charge in [-0.1, -0.05) is 0 Å². The van der Waals surface area contributed by atoms with Gasteiger partial charge in [0, 0.05) is 30.7 Å². The molecule has 1 aromatic heterocycles. The molecule has 1 amide bonds. The van der Waals surface area contributed by atoms with E-state index in [1.54, 1.807) is 23.1 Å². The summed E-state index contributed by atoms with van der Waals surface area (Å²) in [6.45, 7) is 10.8. The van der Waals surface area contributed by atoms with Gasteiger partial charge in [0.1, 0.15) is 12.7 Å². The Balaban J connectivity index is 1.59. The fourth-order valence-corrected chi connectivity index (χ4v) is 3.29. The first-order chi connectivity index (χ1) is 12.3. The fraction of sp³-hybridized carbons (Fsp3) is 0.526. The van der Waals surface area contributed by atoms with Gasteiger partial charge in [-0.3, -0.25) is 9.69 Å². The molecule has 2 atom stereocenters. The van der Waals surface area contributed by atoms with Gasteiger partial charge in [0.05, 0.1) is 17.9 Å². The van der Waals surface area contributed by atoms with Crippen LogP contribution in [-0.2, 0) is 4.74 Å². The Hall–Kier alpha value is -2.25. The number of rotatable bonds is 5. The minimum Gasteiger partial charge on any atom is -0.373 e. The van der Waals surface area contributed by atoms with E-state index >= 15 is 0 Å². The number of carbonyl (C=O) groups is 1. The van der Waals surface area contributed by atoms with Gasteiger partial charge >= 0.3 is 0 Å². The van der Waals surface area contributed by atoms with E-state index in [1.165, 1.54) is 6.33 Å². The van der Waals surface area contributed by atoms with E-state index in [1.807, 2.05) is 12.1 Å². The minimum atomic E-state index is -0.136. The number of ether oxygens (including phenoxy) is 1. The SMILES string of the molecule is C[C@@H]1CN(C(C)(C)CNC(=O)c2ccc(-n3cncn3)cc2)C[C@@H](C)O1. The van der Waals surface area contributed by atoms with Crippen molar-refractivity contribution in [2.24, 2.45) is 0 Å². The number of aromatic nitrogens is 3. The maximum atomic E-state index is 12.5. The number of morpholine rings is 1. The van der Waals surface area contributed by atoms with E-state index in [0.717, 1.165) is 18.8 Å². The van der Waals surface area contributed by atoms with E-state index in [9.17, 15) is 4.79 Å². The summed E-state index contributed by atoms with van der Waals surface area (Å²) in [7, 11) is 0. The zero-order valence-corrected chi connectivity index (χ0v) is 15.8. The van der Waals surface area contributed by atoms with Crippen molar-refractivity contribution in [2.75, 3.05) is 19.6 Å². The average molecular weight is 357 g/mol. The average Bonchev–Trinajstić information content (AvgIpc) is 3.14. The van der Waals surface area contributed by atoms with Crippen LogP contribution in [0.3, 0.4) is 0 Å². The molecule has 0 saturated carbocycles. The minimum absolute atomic E-state index is 0.0717. The standard InChI is InChI=1S/C19H27N5O2/c1-14-9-23(10-15(2)26-14)19(3,4)11-21-18(25)16-5-7-17(8-6-16)24-13-20-12-22-24/h5-8,12-15H,9-11H2,1-4H3,(H,21,25)/t14-,15-/m1/s1. The first-order valence-corrected chi connectivity index (χ1v) is 8.99. The number of hydrogen-bond donors (Lipinski definition) is 1. The topological polar surface area (TPSA) is 72.3 Å². The van der Waals surface area contributed by atoms with Crippen molar-refractivity contribution >= 4 is 5.91 Å². The monoisotopic (exact) mass is 357 g/mol. The molecule has 2 aromatic rings. The van der Waals surface area contributed by atoms with Crippen LogP contribution in [0.15, 0.2) is 36.9 Å². The van der Waals surface area contributed by atoms with Crippen molar-refractivity contribution < 1.29 is 9.53 Å².